The molecule has 0 unspecified atom stereocenters. The Bertz CT molecular complexity index is 195. The van der Waals surface area contributed by atoms with E-state index in [1.807, 2.05) is 0 Å². The SMILES string of the molecule is NS(=O)(=O)ON1CCCC1. The Labute approximate surface area is 60.0 Å². The third-order valence-corrected chi connectivity index (χ3v) is 1.69. The molecule has 6 heteroatoms. The largest absolute Gasteiger partial charge is 0.349 e. The van der Waals surface area contributed by atoms with Crippen LogP contribution < -0.4 is 5.14 Å². The topological polar surface area (TPSA) is 72.6 Å². The first-order valence-corrected chi connectivity index (χ1v) is 4.52. The second-order valence-corrected chi connectivity index (χ2v) is 3.34. The van der Waals surface area contributed by atoms with Crippen molar-refractivity contribution in [1.29, 1.82) is 0 Å². The minimum Gasteiger partial charge on any atom is -0.204 e. The molecule has 0 aromatic carbocycles. The lowest BCUT2D eigenvalue weighted by Crippen LogP contribution is -2.28. The molecule has 0 bridgehead atoms. The molecule has 1 rings (SSSR count). The van der Waals surface area contributed by atoms with E-state index in [4.69, 9.17) is 0 Å². The van der Waals surface area contributed by atoms with E-state index in [0.717, 1.165) is 12.8 Å². The number of nitrogens with zero attached hydrogens (tertiary/aromatic N) is 1. The lowest BCUT2D eigenvalue weighted by molar-refractivity contribution is -0.0269. The molecule has 2 N–H and O–H groups in total. The van der Waals surface area contributed by atoms with Crippen molar-refractivity contribution < 1.29 is 12.7 Å². The van der Waals surface area contributed by atoms with Crippen LogP contribution in [0.25, 0.3) is 0 Å². The number of hydrogen-bond acceptors (Lipinski definition) is 4. The average molecular weight is 166 g/mol. The zero-order valence-electron chi connectivity index (χ0n) is 5.49. The van der Waals surface area contributed by atoms with Gasteiger partial charge in [0.05, 0.1) is 0 Å². The van der Waals surface area contributed by atoms with E-state index in [1.54, 1.807) is 0 Å². The highest BCUT2D eigenvalue weighted by atomic mass is 32.2. The maximum Gasteiger partial charge on any atom is 0.349 e. The predicted octanol–water partition coefficient (Wildman–Crippen LogP) is -0.783. The summed E-state index contributed by atoms with van der Waals surface area (Å²) in [5, 5.41) is 5.98. The number of hydrogen-bond donors (Lipinski definition) is 1. The molecular formula is C4H10N2O3S. The summed E-state index contributed by atoms with van der Waals surface area (Å²) in [6.07, 6.45) is 1.94. The average Bonchev–Trinajstić information content (AvgIpc) is 2.12. The fourth-order valence-electron chi connectivity index (χ4n) is 0.910. The van der Waals surface area contributed by atoms with Gasteiger partial charge < -0.3 is 0 Å². The van der Waals surface area contributed by atoms with E-state index in [-0.39, 0.29) is 0 Å². The minimum atomic E-state index is -3.78. The summed E-state index contributed by atoms with van der Waals surface area (Å²) in [6, 6.07) is 0. The Balaban J connectivity index is 2.38. The first kappa shape index (κ1) is 7.93. The van der Waals surface area contributed by atoms with Crippen molar-refractivity contribution in [3.63, 3.8) is 0 Å². The van der Waals surface area contributed by atoms with Crippen molar-refractivity contribution in [2.75, 3.05) is 13.1 Å². The molecular weight excluding hydrogens is 156 g/mol. The third kappa shape index (κ3) is 2.61. The molecule has 0 saturated carbocycles. The molecule has 10 heavy (non-hydrogen) atoms. The van der Waals surface area contributed by atoms with Gasteiger partial charge in [0, 0.05) is 13.1 Å². The first-order chi connectivity index (χ1) is 4.58. The third-order valence-electron chi connectivity index (χ3n) is 1.27. The van der Waals surface area contributed by atoms with Crippen LogP contribution >= 0.6 is 0 Å². The summed E-state index contributed by atoms with van der Waals surface area (Å²) in [5.74, 6) is 0. The van der Waals surface area contributed by atoms with Crippen LogP contribution in [-0.2, 0) is 14.6 Å². The van der Waals surface area contributed by atoms with Gasteiger partial charge in [-0.3, -0.25) is 0 Å². The Morgan fingerprint density at radius 2 is 1.80 bits per heavy atom. The normalized spacial score (nSPS) is 21.7. The monoisotopic (exact) mass is 166 g/mol. The molecule has 0 aromatic heterocycles. The van der Waals surface area contributed by atoms with Gasteiger partial charge in [0.1, 0.15) is 0 Å². The molecule has 0 aromatic rings. The van der Waals surface area contributed by atoms with Gasteiger partial charge in [-0.1, -0.05) is 0 Å². The van der Waals surface area contributed by atoms with Crippen LogP contribution in [0.4, 0.5) is 0 Å². The molecule has 5 nitrogen and oxygen atoms in total. The molecule has 0 aliphatic carbocycles. The summed E-state index contributed by atoms with van der Waals surface area (Å²) >= 11 is 0. The van der Waals surface area contributed by atoms with Crippen molar-refractivity contribution in [3.05, 3.63) is 0 Å². The van der Waals surface area contributed by atoms with Crippen molar-refractivity contribution in [2.24, 2.45) is 5.14 Å². The Kier molecular flexibility index (Phi) is 2.24. The molecule has 0 atom stereocenters. The van der Waals surface area contributed by atoms with Crippen molar-refractivity contribution in [3.8, 4) is 0 Å². The fourth-order valence-corrected chi connectivity index (χ4v) is 1.35. The van der Waals surface area contributed by atoms with Gasteiger partial charge in [-0.25, -0.2) is 5.14 Å². The van der Waals surface area contributed by atoms with Gasteiger partial charge in [-0.05, 0) is 12.8 Å². The van der Waals surface area contributed by atoms with Gasteiger partial charge in [-0.15, -0.1) is 0 Å². The zero-order valence-corrected chi connectivity index (χ0v) is 6.30. The van der Waals surface area contributed by atoms with Crippen LogP contribution in [0.15, 0.2) is 0 Å². The second-order valence-electron chi connectivity index (χ2n) is 2.20. The van der Waals surface area contributed by atoms with Gasteiger partial charge in [0.25, 0.3) is 0 Å². The van der Waals surface area contributed by atoms with E-state index in [2.05, 4.69) is 9.42 Å². The number of rotatable bonds is 2. The lowest BCUT2D eigenvalue weighted by atomic mass is 10.4. The summed E-state index contributed by atoms with van der Waals surface area (Å²) < 4.78 is 25.0. The highest BCUT2D eigenvalue weighted by Crippen LogP contribution is 2.08. The van der Waals surface area contributed by atoms with Crippen LogP contribution in [-0.4, -0.2) is 26.6 Å². The highest BCUT2D eigenvalue weighted by molar-refractivity contribution is 7.84. The van der Waals surface area contributed by atoms with Crippen molar-refractivity contribution in [2.45, 2.75) is 12.8 Å². The van der Waals surface area contributed by atoms with Gasteiger partial charge in [0.2, 0.25) is 0 Å². The number of hydroxylamine groups is 2. The quantitative estimate of drug-likeness (QED) is 0.584. The molecule has 1 aliphatic heterocycles. The van der Waals surface area contributed by atoms with Gasteiger partial charge in [-0.2, -0.15) is 17.8 Å². The minimum absolute atomic E-state index is 0.649. The van der Waals surface area contributed by atoms with Gasteiger partial charge in [0.15, 0.2) is 0 Å². The number of nitrogens with two attached hydrogens (primary N) is 1. The molecule has 0 amide bonds. The summed E-state index contributed by atoms with van der Waals surface area (Å²) in [4.78, 5) is 0. The maximum atomic E-state index is 10.3. The Morgan fingerprint density at radius 1 is 1.30 bits per heavy atom. The predicted molar refractivity (Wildman–Crippen MR) is 35.0 cm³/mol. The van der Waals surface area contributed by atoms with Crippen LogP contribution in [0, 0.1) is 0 Å². The van der Waals surface area contributed by atoms with Crippen molar-refractivity contribution in [1.82, 2.24) is 5.06 Å². The van der Waals surface area contributed by atoms with E-state index in [0.29, 0.717) is 13.1 Å². The smallest absolute Gasteiger partial charge is 0.204 e. The van der Waals surface area contributed by atoms with Crippen LogP contribution in [0.1, 0.15) is 12.8 Å². The lowest BCUT2D eigenvalue weighted by Gasteiger charge is -2.10. The first-order valence-electron chi connectivity index (χ1n) is 3.05. The van der Waals surface area contributed by atoms with Crippen LogP contribution in [0.2, 0.25) is 0 Å². The Hall–Kier alpha value is -0.170. The molecule has 0 spiro atoms. The van der Waals surface area contributed by atoms with E-state index < -0.39 is 10.3 Å². The summed E-state index contributed by atoms with van der Waals surface area (Å²) in [6.45, 7) is 1.30. The molecule has 1 fully saturated rings. The molecule has 0 radical (unpaired) electrons. The van der Waals surface area contributed by atoms with Crippen LogP contribution in [0.3, 0.4) is 0 Å². The molecule has 60 valence electrons. The molecule has 1 aliphatic rings. The molecule has 1 heterocycles. The molecule has 1 saturated heterocycles. The zero-order chi connectivity index (χ0) is 7.61. The fraction of sp³-hybridized carbons (Fsp3) is 1.00. The highest BCUT2D eigenvalue weighted by Gasteiger charge is 2.16. The van der Waals surface area contributed by atoms with Crippen molar-refractivity contribution >= 4 is 10.3 Å². The van der Waals surface area contributed by atoms with Gasteiger partial charge >= 0.3 is 10.3 Å². The van der Waals surface area contributed by atoms with E-state index >= 15 is 0 Å². The van der Waals surface area contributed by atoms with E-state index in [1.165, 1.54) is 5.06 Å². The standard InChI is InChI=1S/C4H10N2O3S/c5-10(7,8)9-6-3-1-2-4-6/h1-4H2,(H2,5,7,8). The second kappa shape index (κ2) is 2.83. The summed E-state index contributed by atoms with van der Waals surface area (Å²) in [7, 11) is -3.78. The summed E-state index contributed by atoms with van der Waals surface area (Å²) in [5.41, 5.74) is 0. The van der Waals surface area contributed by atoms with Crippen LogP contribution in [0.5, 0.6) is 0 Å². The Morgan fingerprint density at radius 3 is 2.20 bits per heavy atom. The maximum absolute atomic E-state index is 10.3. The van der Waals surface area contributed by atoms with E-state index in [9.17, 15) is 8.42 Å².